The van der Waals surface area contributed by atoms with Crippen LogP contribution in [0, 0.1) is 5.92 Å². The smallest absolute Gasteiger partial charge is 0.224 e. The normalized spacial score (nSPS) is 24.8. The van der Waals surface area contributed by atoms with Crippen molar-refractivity contribution in [2.75, 3.05) is 0 Å². The van der Waals surface area contributed by atoms with E-state index in [-0.39, 0.29) is 11.9 Å². The number of ether oxygens (including phenoxy) is 1. The van der Waals surface area contributed by atoms with Gasteiger partial charge in [0, 0.05) is 6.20 Å². The van der Waals surface area contributed by atoms with Gasteiger partial charge in [-0.15, -0.1) is 0 Å². The Morgan fingerprint density at radius 2 is 2.28 bits per heavy atom. The molecule has 1 fully saturated rings. The molecule has 0 saturated heterocycles. The topological polar surface area (TPSA) is 80.7 Å². The molecule has 1 aliphatic rings. The largest absolute Gasteiger partial charge is 0.474 e. The summed E-state index contributed by atoms with van der Waals surface area (Å²) in [4.78, 5) is 4.18. The van der Waals surface area contributed by atoms with Crippen LogP contribution >= 0.6 is 0 Å². The number of rotatable bonds is 3. The second-order valence-corrected chi connectivity index (χ2v) is 4.76. The van der Waals surface area contributed by atoms with Gasteiger partial charge >= 0.3 is 0 Å². The van der Waals surface area contributed by atoms with E-state index in [1.165, 1.54) is 19.3 Å². The predicted molar refractivity (Wildman–Crippen MR) is 68.8 cm³/mol. The zero-order valence-electron chi connectivity index (χ0n) is 10.5. The van der Waals surface area contributed by atoms with Gasteiger partial charge in [-0.05, 0) is 37.3 Å². The number of hydrogen-bond donors (Lipinski definition) is 2. The lowest BCUT2D eigenvalue weighted by atomic mass is 9.88. The van der Waals surface area contributed by atoms with Crippen molar-refractivity contribution in [3.8, 4) is 5.88 Å². The van der Waals surface area contributed by atoms with Gasteiger partial charge in [0.25, 0.3) is 0 Å². The van der Waals surface area contributed by atoms with Crippen molar-refractivity contribution in [2.45, 2.75) is 38.7 Å². The van der Waals surface area contributed by atoms with E-state index in [0.717, 1.165) is 6.42 Å². The van der Waals surface area contributed by atoms with Crippen molar-refractivity contribution < 1.29 is 9.94 Å². The molecule has 1 saturated carbocycles. The van der Waals surface area contributed by atoms with E-state index >= 15 is 0 Å². The molecule has 1 heterocycles. The van der Waals surface area contributed by atoms with Crippen molar-refractivity contribution in [3.05, 3.63) is 23.9 Å². The van der Waals surface area contributed by atoms with E-state index in [9.17, 15) is 0 Å². The molecule has 2 atom stereocenters. The first kappa shape index (κ1) is 12.7. The molecule has 5 heteroatoms. The summed E-state index contributed by atoms with van der Waals surface area (Å²) in [6, 6.07) is 3.48. The summed E-state index contributed by atoms with van der Waals surface area (Å²) in [6.45, 7) is 2.19. The average Bonchev–Trinajstić information content (AvgIpc) is 2.41. The van der Waals surface area contributed by atoms with E-state index in [1.807, 2.05) is 0 Å². The standard InChI is InChI=1S/C13H19N3O2/c1-9-5-2-3-7-11(9)18-13-10(12(14)16-17)6-4-8-15-13/h4,6,8-9,11,17H,2-3,5,7H2,1H3,(H2,14,16). The third-order valence-corrected chi connectivity index (χ3v) is 3.45. The lowest BCUT2D eigenvalue weighted by Gasteiger charge is -2.29. The number of hydrogen-bond acceptors (Lipinski definition) is 4. The monoisotopic (exact) mass is 249 g/mol. The first-order valence-electron chi connectivity index (χ1n) is 6.32. The second-order valence-electron chi connectivity index (χ2n) is 4.76. The molecule has 1 aromatic heterocycles. The number of oxime groups is 1. The Bertz CT molecular complexity index is 434. The van der Waals surface area contributed by atoms with Crippen molar-refractivity contribution in [2.24, 2.45) is 16.8 Å². The predicted octanol–water partition coefficient (Wildman–Crippen LogP) is 2.13. The quantitative estimate of drug-likeness (QED) is 0.372. The maximum atomic E-state index is 8.75. The number of nitrogens with zero attached hydrogens (tertiary/aromatic N) is 2. The van der Waals surface area contributed by atoms with Gasteiger partial charge in [0.2, 0.25) is 5.88 Å². The van der Waals surface area contributed by atoms with Gasteiger partial charge in [-0.3, -0.25) is 0 Å². The summed E-state index contributed by atoms with van der Waals surface area (Å²) >= 11 is 0. The minimum absolute atomic E-state index is 0.0292. The Morgan fingerprint density at radius 1 is 1.50 bits per heavy atom. The molecule has 0 spiro atoms. The van der Waals surface area contributed by atoms with Gasteiger partial charge in [0.1, 0.15) is 6.10 Å². The van der Waals surface area contributed by atoms with Crippen molar-refractivity contribution >= 4 is 5.84 Å². The number of amidine groups is 1. The highest BCUT2D eigenvalue weighted by Gasteiger charge is 2.24. The molecule has 1 aliphatic carbocycles. The summed E-state index contributed by atoms with van der Waals surface area (Å²) in [6.07, 6.45) is 6.47. The molecule has 0 amide bonds. The van der Waals surface area contributed by atoms with Gasteiger partial charge in [-0.1, -0.05) is 18.5 Å². The fourth-order valence-electron chi connectivity index (χ4n) is 2.33. The lowest BCUT2D eigenvalue weighted by molar-refractivity contribution is 0.0973. The molecule has 3 N–H and O–H groups in total. The molecule has 0 bridgehead atoms. The fourth-order valence-corrected chi connectivity index (χ4v) is 2.33. The zero-order chi connectivity index (χ0) is 13.0. The molecule has 0 radical (unpaired) electrons. The Kier molecular flexibility index (Phi) is 4.02. The highest BCUT2D eigenvalue weighted by atomic mass is 16.5. The fraction of sp³-hybridized carbons (Fsp3) is 0.538. The van der Waals surface area contributed by atoms with Crippen LogP contribution in [0.3, 0.4) is 0 Å². The molecule has 18 heavy (non-hydrogen) atoms. The Morgan fingerprint density at radius 3 is 3.00 bits per heavy atom. The van der Waals surface area contributed by atoms with Crippen molar-refractivity contribution in [1.29, 1.82) is 0 Å². The van der Waals surface area contributed by atoms with Crippen LogP contribution in [-0.2, 0) is 0 Å². The van der Waals surface area contributed by atoms with Crippen LogP contribution in [0.2, 0.25) is 0 Å². The molecule has 2 rings (SSSR count). The van der Waals surface area contributed by atoms with Crippen LogP contribution in [0.15, 0.2) is 23.5 Å². The van der Waals surface area contributed by atoms with Crippen molar-refractivity contribution in [1.82, 2.24) is 4.98 Å². The van der Waals surface area contributed by atoms with Gasteiger partial charge in [-0.25, -0.2) is 4.98 Å². The Labute approximate surface area is 107 Å². The zero-order valence-corrected chi connectivity index (χ0v) is 10.5. The van der Waals surface area contributed by atoms with E-state index in [2.05, 4.69) is 17.1 Å². The number of nitrogens with two attached hydrogens (primary N) is 1. The summed E-state index contributed by atoms with van der Waals surface area (Å²) in [5.74, 6) is 0.994. The maximum Gasteiger partial charge on any atom is 0.224 e. The number of pyridine rings is 1. The second kappa shape index (κ2) is 5.71. The Balaban J connectivity index is 2.18. The van der Waals surface area contributed by atoms with E-state index in [4.69, 9.17) is 15.7 Å². The highest BCUT2D eigenvalue weighted by Crippen LogP contribution is 2.28. The summed E-state index contributed by atoms with van der Waals surface area (Å²) < 4.78 is 5.94. The van der Waals surface area contributed by atoms with Gasteiger partial charge in [0.05, 0.1) is 5.56 Å². The van der Waals surface area contributed by atoms with Gasteiger partial charge < -0.3 is 15.7 Å². The average molecular weight is 249 g/mol. The van der Waals surface area contributed by atoms with Gasteiger partial charge in [-0.2, -0.15) is 0 Å². The lowest BCUT2D eigenvalue weighted by Crippen LogP contribution is -2.29. The minimum Gasteiger partial charge on any atom is -0.474 e. The Hall–Kier alpha value is -1.78. The van der Waals surface area contributed by atoms with Gasteiger partial charge in [0.15, 0.2) is 5.84 Å². The van der Waals surface area contributed by atoms with E-state index < -0.39 is 0 Å². The molecular weight excluding hydrogens is 230 g/mol. The van der Waals surface area contributed by atoms with E-state index in [1.54, 1.807) is 18.3 Å². The molecule has 2 unspecified atom stereocenters. The molecule has 98 valence electrons. The van der Waals surface area contributed by atoms with Crippen LogP contribution < -0.4 is 10.5 Å². The summed E-state index contributed by atoms with van der Waals surface area (Å²) in [5.41, 5.74) is 6.15. The molecule has 5 nitrogen and oxygen atoms in total. The summed E-state index contributed by atoms with van der Waals surface area (Å²) in [7, 11) is 0. The minimum atomic E-state index is 0.0292. The molecule has 0 aliphatic heterocycles. The molecular formula is C13H19N3O2. The van der Waals surface area contributed by atoms with Crippen LogP contribution in [0.5, 0.6) is 5.88 Å². The third-order valence-electron chi connectivity index (χ3n) is 3.45. The number of aromatic nitrogens is 1. The van der Waals surface area contributed by atoms with Crippen LogP contribution in [0.25, 0.3) is 0 Å². The molecule has 0 aromatic carbocycles. The van der Waals surface area contributed by atoms with Crippen LogP contribution in [0.1, 0.15) is 38.2 Å². The molecule has 1 aromatic rings. The van der Waals surface area contributed by atoms with Crippen LogP contribution in [-0.4, -0.2) is 22.1 Å². The van der Waals surface area contributed by atoms with Crippen molar-refractivity contribution in [3.63, 3.8) is 0 Å². The third kappa shape index (κ3) is 2.72. The van der Waals surface area contributed by atoms with Crippen LogP contribution in [0.4, 0.5) is 0 Å². The SMILES string of the molecule is CC1CCCCC1Oc1ncccc1/C(N)=N/O. The summed E-state index contributed by atoms with van der Waals surface area (Å²) in [5, 5.41) is 11.8. The van der Waals surface area contributed by atoms with E-state index in [0.29, 0.717) is 17.4 Å². The highest BCUT2D eigenvalue weighted by molar-refractivity contribution is 5.98. The maximum absolute atomic E-state index is 8.75. The first-order chi connectivity index (χ1) is 8.72. The first-order valence-corrected chi connectivity index (χ1v) is 6.32.